The van der Waals surface area contributed by atoms with Crippen LogP contribution in [-0.2, 0) is 0 Å². The summed E-state index contributed by atoms with van der Waals surface area (Å²) in [5.41, 5.74) is 2.12. The molecule has 0 spiro atoms. The predicted molar refractivity (Wildman–Crippen MR) is 68.7 cm³/mol. The van der Waals surface area contributed by atoms with E-state index in [1.54, 1.807) is 18.2 Å². The van der Waals surface area contributed by atoms with E-state index in [1.807, 2.05) is 6.33 Å². The molecule has 1 aliphatic carbocycles. The van der Waals surface area contributed by atoms with Gasteiger partial charge in [0, 0.05) is 6.04 Å². The van der Waals surface area contributed by atoms with Crippen LogP contribution >= 0.6 is 0 Å². The third-order valence-corrected chi connectivity index (χ3v) is 4.09. The fourth-order valence-corrected chi connectivity index (χ4v) is 2.63. The van der Waals surface area contributed by atoms with E-state index in [0.717, 1.165) is 11.0 Å². The predicted octanol–water partition coefficient (Wildman–Crippen LogP) is 3.10. The highest BCUT2D eigenvalue weighted by Gasteiger charge is 2.26. The number of carboxylic acids is 1. The van der Waals surface area contributed by atoms with E-state index in [2.05, 4.69) is 16.5 Å². The molecule has 18 heavy (non-hydrogen) atoms. The molecular weight excluding hydrogens is 228 g/mol. The fraction of sp³-hybridized carbons (Fsp3) is 0.429. The molecule has 1 heterocycles. The van der Waals surface area contributed by atoms with Crippen LogP contribution < -0.4 is 0 Å². The number of carbonyl (C=O) groups is 1. The van der Waals surface area contributed by atoms with Crippen LogP contribution in [0.1, 0.15) is 42.6 Å². The molecular formula is C14H16N2O2. The minimum Gasteiger partial charge on any atom is -0.478 e. The van der Waals surface area contributed by atoms with Crippen molar-refractivity contribution in [2.75, 3.05) is 0 Å². The van der Waals surface area contributed by atoms with Gasteiger partial charge in [0.15, 0.2) is 0 Å². The third kappa shape index (κ3) is 1.68. The van der Waals surface area contributed by atoms with Crippen LogP contribution in [0.4, 0.5) is 0 Å². The molecule has 1 N–H and O–H groups in total. The van der Waals surface area contributed by atoms with Gasteiger partial charge in [-0.1, -0.05) is 6.42 Å². The van der Waals surface area contributed by atoms with Crippen molar-refractivity contribution in [3.63, 3.8) is 0 Å². The molecule has 1 aliphatic rings. The quantitative estimate of drug-likeness (QED) is 0.902. The molecule has 1 fully saturated rings. The monoisotopic (exact) mass is 244 g/mol. The molecule has 1 aromatic carbocycles. The molecule has 2 aromatic rings. The molecule has 1 unspecified atom stereocenters. The van der Waals surface area contributed by atoms with Crippen molar-refractivity contribution < 1.29 is 9.90 Å². The van der Waals surface area contributed by atoms with Gasteiger partial charge >= 0.3 is 5.97 Å². The van der Waals surface area contributed by atoms with E-state index < -0.39 is 5.97 Å². The Hall–Kier alpha value is -1.84. The molecule has 0 bridgehead atoms. The van der Waals surface area contributed by atoms with E-state index in [4.69, 9.17) is 5.11 Å². The van der Waals surface area contributed by atoms with E-state index >= 15 is 0 Å². The van der Waals surface area contributed by atoms with Crippen LogP contribution in [0, 0.1) is 5.92 Å². The molecule has 1 atom stereocenters. The first-order valence-corrected chi connectivity index (χ1v) is 6.36. The van der Waals surface area contributed by atoms with Gasteiger partial charge in [0.25, 0.3) is 0 Å². The van der Waals surface area contributed by atoms with Gasteiger partial charge in [0.2, 0.25) is 0 Å². The van der Waals surface area contributed by atoms with Gasteiger partial charge in [-0.3, -0.25) is 0 Å². The number of fused-ring (bicyclic) bond motifs is 1. The van der Waals surface area contributed by atoms with Gasteiger partial charge in [-0.05, 0) is 43.9 Å². The van der Waals surface area contributed by atoms with Crippen molar-refractivity contribution in [2.24, 2.45) is 5.92 Å². The number of benzene rings is 1. The van der Waals surface area contributed by atoms with Gasteiger partial charge in [0.1, 0.15) is 0 Å². The Morgan fingerprint density at radius 2 is 2.28 bits per heavy atom. The highest BCUT2D eigenvalue weighted by Crippen LogP contribution is 2.37. The minimum atomic E-state index is -0.888. The zero-order valence-electron chi connectivity index (χ0n) is 10.3. The maximum absolute atomic E-state index is 11.0. The molecule has 0 radical (unpaired) electrons. The molecule has 94 valence electrons. The fourth-order valence-electron chi connectivity index (χ4n) is 2.63. The second-order valence-corrected chi connectivity index (χ2v) is 5.09. The van der Waals surface area contributed by atoms with E-state index in [1.165, 1.54) is 19.3 Å². The van der Waals surface area contributed by atoms with Crippen LogP contribution in [0.3, 0.4) is 0 Å². The van der Waals surface area contributed by atoms with E-state index in [9.17, 15) is 4.79 Å². The first-order chi connectivity index (χ1) is 8.66. The standard InChI is InChI=1S/C14H16N2O2/c1-9(10-3-2-4-10)16-8-15-12-6-5-11(14(17)18)7-13(12)16/h5-10H,2-4H2,1H3,(H,17,18). The zero-order chi connectivity index (χ0) is 12.7. The Balaban J connectivity index is 2.05. The molecule has 1 saturated carbocycles. The average Bonchev–Trinajstić information content (AvgIpc) is 2.68. The lowest BCUT2D eigenvalue weighted by molar-refractivity contribution is 0.0697. The lowest BCUT2D eigenvalue weighted by Crippen LogP contribution is -2.22. The number of carboxylic acid groups (broad SMARTS) is 1. The summed E-state index contributed by atoms with van der Waals surface area (Å²) in [6.45, 7) is 2.19. The Kier molecular flexibility index (Phi) is 2.58. The van der Waals surface area contributed by atoms with Crippen LogP contribution in [0.2, 0.25) is 0 Å². The summed E-state index contributed by atoms with van der Waals surface area (Å²) in [6.07, 6.45) is 5.67. The lowest BCUT2D eigenvalue weighted by atomic mass is 9.80. The number of hydrogen-bond acceptors (Lipinski definition) is 2. The highest BCUT2D eigenvalue weighted by molar-refractivity contribution is 5.92. The van der Waals surface area contributed by atoms with Crippen molar-refractivity contribution in [1.29, 1.82) is 0 Å². The number of rotatable bonds is 3. The Morgan fingerprint density at radius 3 is 2.89 bits per heavy atom. The van der Waals surface area contributed by atoms with Crippen LogP contribution in [-0.4, -0.2) is 20.6 Å². The maximum Gasteiger partial charge on any atom is 0.335 e. The minimum absolute atomic E-state index is 0.324. The van der Waals surface area contributed by atoms with Gasteiger partial charge in [0.05, 0.1) is 22.9 Å². The van der Waals surface area contributed by atoms with Gasteiger partial charge < -0.3 is 9.67 Å². The molecule has 1 aromatic heterocycles. The van der Waals surface area contributed by atoms with Crippen LogP contribution in [0.25, 0.3) is 11.0 Å². The summed E-state index contributed by atoms with van der Waals surface area (Å²) < 4.78 is 2.12. The summed E-state index contributed by atoms with van der Waals surface area (Å²) in [4.78, 5) is 15.4. The molecule has 4 nitrogen and oxygen atoms in total. The maximum atomic E-state index is 11.0. The first kappa shape index (κ1) is 11.3. The van der Waals surface area contributed by atoms with Crippen molar-refractivity contribution >= 4 is 17.0 Å². The van der Waals surface area contributed by atoms with Gasteiger partial charge in [-0.25, -0.2) is 9.78 Å². The second kappa shape index (κ2) is 4.12. The summed E-state index contributed by atoms with van der Waals surface area (Å²) in [7, 11) is 0. The largest absolute Gasteiger partial charge is 0.478 e. The SMILES string of the molecule is CC(C1CCC1)n1cnc2ccc(C(=O)O)cc21. The normalized spacial score (nSPS) is 17.6. The summed E-state index contributed by atoms with van der Waals surface area (Å²) in [5.74, 6) is -0.183. The summed E-state index contributed by atoms with van der Waals surface area (Å²) in [5, 5.41) is 9.05. The van der Waals surface area contributed by atoms with E-state index in [-0.39, 0.29) is 0 Å². The lowest BCUT2D eigenvalue weighted by Gasteiger charge is -2.32. The number of imidazole rings is 1. The molecule has 0 aliphatic heterocycles. The summed E-state index contributed by atoms with van der Waals surface area (Å²) in [6, 6.07) is 5.51. The summed E-state index contributed by atoms with van der Waals surface area (Å²) >= 11 is 0. The Bertz CT molecular complexity index is 599. The van der Waals surface area contributed by atoms with Crippen LogP contribution in [0.5, 0.6) is 0 Å². The van der Waals surface area contributed by atoms with Crippen molar-refractivity contribution in [1.82, 2.24) is 9.55 Å². The number of nitrogens with zero attached hydrogens (tertiary/aromatic N) is 2. The molecule has 0 amide bonds. The smallest absolute Gasteiger partial charge is 0.335 e. The van der Waals surface area contributed by atoms with Crippen molar-refractivity contribution in [3.05, 3.63) is 30.1 Å². The number of aromatic carboxylic acids is 1. The first-order valence-electron chi connectivity index (χ1n) is 6.36. The second-order valence-electron chi connectivity index (χ2n) is 5.09. The van der Waals surface area contributed by atoms with Crippen LogP contribution in [0.15, 0.2) is 24.5 Å². The average molecular weight is 244 g/mol. The molecule has 4 heteroatoms. The Morgan fingerprint density at radius 1 is 1.50 bits per heavy atom. The van der Waals surface area contributed by atoms with Crippen molar-refractivity contribution in [3.8, 4) is 0 Å². The van der Waals surface area contributed by atoms with Gasteiger partial charge in [-0.15, -0.1) is 0 Å². The third-order valence-electron chi connectivity index (χ3n) is 4.09. The molecule has 0 saturated heterocycles. The van der Waals surface area contributed by atoms with Gasteiger partial charge in [-0.2, -0.15) is 0 Å². The van der Waals surface area contributed by atoms with Crippen molar-refractivity contribution in [2.45, 2.75) is 32.2 Å². The number of aromatic nitrogens is 2. The number of hydrogen-bond donors (Lipinski definition) is 1. The highest BCUT2D eigenvalue weighted by atomic mass is 16.4. The Labute approximate surface area is 105 Å². The topological polar surface area (TPSA) is 55.1 Å². The zero-order valence-corrected chi connectivity index (χ0v) is 10.3. The molecule has 3 rings (SSSR count). The van der Waals surface area contributed by atoms with E-state index in [0.29, 0.717) is 17.5 Å².